The summed E-state index contributed by atoms with van der Waals surface area (Å²) in [7, 11) is 0. The van der Waals surface area contributed by atoms with Crippen molar-refractivity contribution in [2.75, 3.05) is 11.9 Å². The number of non-ortho nitro benzene ring substituents is 1. The molecule has 0 aliphatic rings. The number of amides is 1. The topological polar surface area (TPSA) is 134 Å². The molecule has 3 aromatic rings. The van der Waals surface area contributed by atoms with Crippen LogP contribution < -0.4 is 11.1 Å². The Morgan fingerprint density at radius 3 is 2.72 bits per heavy atom. The van der Waals surface area contributed by atoms with Gasteiger partial charge in [0.25, 0.3) is 11.6 Å². The minimum absolute atomic E-state index is 0.0458. The molecule has 11 heteroatoms. The highest BCUT2D eigenvalue weighted by Gasteiger charge is 2.14. The molecule has 1 aromatic heterocycles. The van der Waals surface area contributed by atoms with Gasteiger partial charge in [0.2, 0.25) is 0 Å². The molecular formula is C18H14BrN3O7. The van der Waals surface area contributed by atoms with E-state index in [1.807, 2.05) is 0 Å². The van der Waals surface area contributed by atoms with Crippen LogP contribution in [0.2, 0.25) is 0 Å². The van der Waals surface area contributed by atoms with E-state index in [1.54, 1.807) is 24.3 Å². The molecule has 0 spiro atoms. The van der Waals surface area contributed by atoms with E-state index in [0.717, 1.165) is 0 Å². The Balaban J connectivity index is 1.51. The van der Waals surface area contributed by atoms with Gasteiger partial charge in [-0.3, -0.25) is 24.3 Å². The third-order valence-corrected chi connectivity index (χ3v) is 4.57. The molecule has 1 heterocycles. The van der Waals surface area contributed by atoms with E-state index in [9.17, 15) is 24.5 Å². The Morgan fingerprint density at radius 1 is 1.24 bits per heavy atom. The molecule has 1 N–H and O–H groups in total. The number of oxazole rings is 1. The molecule has 10 nitrogen and oxygen atoms in total. The minimum Gasteiger partial charge on any atom is -0.456 e. The number of ether oxygens (including phenoxy) is 1. The van der Waals surface area contributed by atoms with E-state index in [1.165, 1.54) is 22.8 Å². The van der Waals surface area contributed by atoms with Gasteiger partial charge in [-0.2, -0.15) is 0 Å². The van der Waals surface area contributed by atoms with Crippen molar-refractivity contribution in [3.05, 3.63) is 67.6 Å². The zero-order valence-corrected chi connectivity index (χ0v) is 16.4. The third kappa shape index (κ3) is 4.88. The monoisotopic (exact) mass is 463 g/mol. The number of nitro groups is 1. The number of aryl methyl sites for hydroxylation is 1. The van der Waals surface area contributed by atoms with Gasteiger partial charge in [0.1, 0.15) is 0 Å². The highest BCUT2D eigenvalue weighted by molar-refractivity contribution is 9.10. The zero-order valence-electron chi connectivity index (χ0n) is 14.8. The lowest BCUT2D eigenvalue weighted by Gasteiger charge is -2.08. The van der Waals surface area contributed by atoms with Crippen LogP contribution >= 0.6 is 15.9 Å². The fraction of sp³-hybridized carbons (Fsp3) is 0.167. The maximum atomic E-state index is 11.9. The van der Waals surface area contributed by atoms with Crippen LogP contribution in [0.4, 0.5) is 11.4 Å². The van der Waals surface area contributed by atoms with E-state index >= 15 is 0 Å². The van der Waals surface area contributed by atoms with Crippen LogP contribution in [0.1, 0.15) is 6.42 Å². The van der Waals surface area contributed by atoms with E-state index in [4.69, 9.17) is 9.15 Å². The van der Waals surface area contributed by atoms with Crippen LogP contribution in [-0.4, -0.2) is 28.0 Å². The summed E-state index contributed by atoms with van der Waals surface area (Å²) in [4.78, 5) is 45.8. The fourth-order valence-corrected chi connectivity index (χ4v) is 3.02. The number of rotatable bonds is 7. The number of carbonyl (C=O) groups excluding carboxylic acids is 2. The summed E-state index contributed by atoms with van der Waals surface area (Å²) in [5.74, 6) is -1.86. The van der Waals surface area contributed by atoms with Crippen molar-refractivity contribution >= 4 is 50.3 Å². The lowest BCUT2D eigenvalue weighted by Crippen LogP contribution is -2.22. The van der Waals surface area contributed by atoms with Gasteiger partial charge in [-0.15, -0.1) is 0 Å². The third-order valence-electron chi connectivity index (χ3n) is 3.92. The van der Waals surface area contributed by atoms with E-state index < -0.39 is 29.2 Å². The molecule has 0 atom stereocenters. The van der Waals surface area contributed by atoms with Crippen molar-refractivity contribution in [3.8, 4) is 0 Å². The van der Waals surface area contributed by atoms with Gasteiger partial charge in [0.05, 0.1) is 22.5 Å². The van der Waals surface area contributed by atoms with Crippen LogP contribution in [0.15, 0.2) is 56.1 Å². The van der Waals surface area contributed by atoms with E-state index in [2.05, 4.69) is 21.2 Å². The Kier molecular flexibility index (Phi) is 6.07. The Hall–Kier alpha value is -3.47. The summed E-state index contributed by atoms with van der Waals surface area (Å²) in [6.45, 7) is -0.493. The predicted octanol–water partition coefficient (Wildman–Crippen LogP) is 2.84. The molecule has 0 fully saturated rings. The standard InChI is InChI=1S/C18H14BrN3O7/c19-12-9-11(22(26)27)5-6-13(12)20-16(23)10-28-17(24)7-8-21-14-3-1-2-4-15(14)29-18(21)25/h1-6,9H,7-8,10H2,(H,20,23). The van der Waals surface area contributed by atoms with Gasteiger partial charge < -0.3 is 14.5 Å². The minimum atomic E-state index is -0.667. The predicted molar refractivity (Wildman–Crippen MR) is 105 cm³/mol. The number of esters is 1. The van der Waals surface area contributed by atoms with Crippen LogP contribution in [0.5, 0.6) is 0 Å². The van der Waals surface area contributed by atoms with Crippen LogP contribution in [-0.2, 0) is 20.9 Å². The van der Waals surface area contributed by atoms with Crippen molar-refractivity contribution in [3.63, 3.8) is 0 Å². The summed E-state index contributed by atoms with van der Waals surface area (Å²) < 4.78 is 11.6. The quantitative estimate of drug-likeness (QED) is 0.323. The smallest absolute Gasteiger partial charge is 0.419 e. The Labute approximate surface area is 171 Å². The summed E-state index contributed by atoms with van der Waals surface area (Å²) in [6, 6.07) is 10.7. The normalized spacial score (nSPS) is 10.7. The van der Waals surface area contributed by atoms with Gasteiger partial charge >= 0.3 is 11.7 Å². The number of nitrogens with one attached hydrogen (secondary N) is 1. The van der Waals surface area contributed by atoms with Crippen LogP contribution in [0.3, 0.4) is 0 Å². The number of benzene rings is 2. The first-order valence-electron chi connectivity index (χ1n) is 8.33. The van der Waals surface area contributed by atoms with Gasteiger partial charge in [-0.05, 0) is 34.1 Å². The number of carbonyl (C=O) groups is 2. The number of halogens is 1. The highest BCUT2D eigenvalue weighted by atomic mass is 79.9. The lowest BCUT2D eigenvalue weighted by atomic mass is 10.3. The number of nitro benzene ring substituents is 1. The maximum absolute atomic E-state index is 11.9. The fourth-order valence-electron chi connectivity index (χ4n) is 2.55. The number of fused-ring (bicyclic) bond motifs is 1. The molecule has 0 bridgehead atoms. The Morgan fingerprint density at radius 2 is 2.00 bits per heavy atom. The van der Waals surface area contributed by atoms with Crippen LogP contribution in [0, 0.1) is 10.1 Å². The second-order valence-corrected chi connectivity index (χ2v) is 6.72. The average molecular weight is 464 g/mol. The lowest BCUT2D eigenvalue weighted by molar-refractivity contribution is -0.384. The van der Waals surface area contributed by atoms with E-state index in [0.29, 0.717) is 21.3 Å². The molecule has 0 aliphatic carbocycles. The van der Waals surface area contributed by atoms with Gasteiger partial charge in [0, 0.05) is 23.2 Å². The van der Waals surface area contributed by atoms with Crippen molar-refractivity contribution in [1.82, 2.24) is 4.57 Å². The Bertz CT molecular complexity index is 1150. The van der Waals surface area contributed by atoms with Crippen molar-refractivity contribution in [2.45, 2.75) is 13.0 Å². The second kappa shape index (κ2) is 8.69. The summed E-state index contributed by atoms with van der Waals surface area (Å²) in [6.07, 6.45) is -0.127. The van der Waals surface area contributed by atoms with Crippen molar-refractivity contribution in [2.24, 2.45) is 0 Å². The zero-order chi connectivity index (χ0) is 21.0. The summed E-state index contributed by atoms with van der Waals surface area (Å²) in [5.41, 5.74) is 1.14. The number of hydrogen-bond donors (Lipinski definition) is 1. The van der Waals surface area contributed by atoms with E-state index in [-0.39, 0.29) is 18.7 Å². The first kappa shape index (κ1) is 20.3. The van der Waals surface area contributed by atoms with Crippen molar-refractivity contribution < 1.29 is 23.7 Å². The van der Waals surface area contributed by atoms with Crippen molar-refractivity contribution in [1.29, 1.82) is 0 Å². The molecule has 0 unspecified atom stereocenters. The summed E-state index contributed by atoms with van der Waals surface area (Å²) in [5, 5.41) is 13.2. The molecule has 0 aliphatic heterocycles. The molecular weight excluding hydrogens is 450 g/mol. The molecule has 3 rings (SSSR count). The maximum Gasteiger partial charge on any atom is 0.419 e. The number of aromatic nitrogens is 1. The number of nitrogens with zero attached hydrogens (tertiary/aromatic N) is 2. The molecule has 0 saturated carbocycles. The second-order valence-electron chi connectivity index (χ2n) is 5.87. The first-order chi connectivity index (χ1) is 13.8. The molecule has 0 saturated heterocycles. The van der Waals surface area contributed by atoms with Gasteiger partial charge in [0.15, 0.2) is 12.2 Å². The average Bonchev–Trinajstić information content (AvgIpc) is 3.01. The molecule has 29 heavy (non-hydrogen) atoms. The van der Waals surface area contributed by atoms with Gasteiger partial charge in [-0.25, -0.2) is 4.79 Å². The molecule has 1 amide bonds. The highest BCUT2D eigenvalue weighted by Crippen LogP contribution is 2.27. The largest absolute Gasteiger partial charge is 0.456 e. The molecule has 150 valence electrons. The first-order valence-corrected chi connectivity index (χ1v) is 9.12. The number of anilines is 1. The summed E-state index contributed by atoms with van der Waals surface area (Å²) >= 11 is 3.13. The molecule has 2 aromatic carbocycles. The van der Waals surface area contributed by atoms with Crippen LogP contribution in [0.25, 0.3) is 11.1 Å². The van der Waals surface area contributed by atoms with Gasteiger partial charge in [-0.1, -0.05) is 12.1 Å². The number of para-hydroxylation sites is 2. The number of hydrogen-bond acceptors (Lipinski definition) is 7. The molecule has 0 radical (unpaired) electrons. The SMILES string of the molecule is O=C(COC(=O)CCn1c(=O)oc2ccccc21)Nc1ccc([N+](=O)[O-])cc1Br.